The van der Waals surface area contributed by atoms with E-state index in [0.29, 0.717) is 0 Å². The molecule has 2 aromatic heterocycles. The Labute approximate surface area is 348 Å². The second kappa shape index (κ2) is 15.2. The summed E-state index contributed by atoms with van der Waals surface area (Å²) in [5.41, 5.74) is 14.6. The molecule has 11 rings (SSSR count). The highest BCUT2D eigenvalue weighted by molar-refractivity contribution is 7.76. The van der Waals surface area contributed by atoms with E-state index in [1.54, 1.807) is 0 Å². The molecule has 3 nitrogen and oxygen atoms in total. The van der Waals surface area contributed by atoms with E-state index in [1.165, 1.54) is 106 Å². The number of aryl methyl sites for hydroxylation is 2. The summed E-state index contributed by atoms with van der Waals surface area (Å²) in [7, 11) is -0.626. The van der Waals surface area contributed by atoms with Crippen LogP contribution in [0.4, 0.5) is 5.69 Å². The van der Waals surface area contributed by atoms with Gasteiger partial charge in [0.15, 0.2) is 0 Å². The maximum absolute atomic E-state index is 4.30. The predicted octanol–water partition coefficient (Wildman–Crippen LogP) is 13.8. The average molecular weight is 782 g/mol. The highest BCUT2D eigenvalue weighted by Gasteiger charge is 2.33. The number of benzene rings is 6. The molecule has 288 valence electrons. The van der Waals surface area contributed by atoms with Crippen LogP contribution in [0, 0.1) is 6.92 Å². The summed E-state index contributed by atoms with van der Waals surface area (Å²) in [4.78, 5) is 0. The van der Waals surface area contributed by atoms with Crippen LogP contribution in [0.2, 0.25) is 0 Å². The molecule has 0 saturated heterocycles. The fraction of sp³-hybridized carbons (Fsp3) is 0.164. The third-order valence-corrected chi connectivity index (χ3v) is 15.4. The fourth-order valence-corrected chi connectivity index (χ4v) is 12.7. The van der Waals surface area contributed by atoms with Crippen molar-refractivity contribution in [3.05, 3.63) is 204 Å². The van der Waals surface area contributed by atoms with Gasteiger partial charge in [0, 0.05) is 38.8 Å². The van der Waals surface area contributed by atoms with E-state index < -0.39 is 7.92 Å². The largest absolute Gasteiger partial charge is 0.358 e. The van der Waals surface area contributed by atoms with Gasteiger partial charge < -0.3 is 14.5 Å². The number of nitrogens with zero attached hydrogens (tertiary/aromatic N) is 2. The Bertz CT molecular complexity index is 2960. The molecule has 0 radical (unpaired) electrons. The molecule has 0 amide bonds. The van der Waals surface area contributed by atoms with Gasteiger partial charge in [0.2, 0.25) is 0 Å². The van der Waals surface area contributed by atoms with E-state index in [-0.39, 0.29) is 6.04 Å². The monoisotopic (exact) mass is 781 g/mol. The van der Waals surface area contributed by atoms with Crippen molar-refractivity contribution in [1.82, 2.24) is 9.13 Å². The number of fused-ring (bicyclic) bond motifs is 7. The molecule has 8 aromatic rings. The maximum Gasteiger partial charge on any atom is 0.0793 e. The van der Waals surface area contributed by atoms with Crippen molar-refractivity contribution in [1.29, 1.82) is 0 Å². The van der Waals surface area contributed by atoms with Crippen molar-refractivity contribution in [3.63, 3.8) is 0 Å². The van der Waals surface area contributed by atoms with Gasteiger partial charge in [-0.15, -0.1) is 0 Å². The standard InChI is InChI=1S/C55H48N3P/c1-38-20-14-15-29-45(38)50-51-46-30-16-18-32-48(46)57(40-21-6-2-7-22-40)54(51)55-52(47-31-17-19-33-49(47)58(55)41-23-8-3-9-24-41)53(50)56-39-34-36-44(37-35-39)59(42-25-10-4-11-26-42)43-27-12-5-13-28-43/h2-16,18,20-23,25-30,32,34,36,41,56H,17,19,24,31,33,35,37H2,1H3. The number of para-hydroxylation sites is 2. The zero-order valence-corrected chi connectivity index (χ0v) is 34.5. The zero-order chi connectivity index (χ0) is 39.3. The van der Waals surface area contributed by atoms with Crippen molar-refractivity contribution in [3.8, 4) is 16.8 Å². The maximum atomic E-state index is 4.30. The lowest BCUT2D eigenvalue weighted by molar-refractivity contribution is 0.567. The van der Waals surface area contributed by atoms with Gasteiger partial charge in [-0.3, -0.25) is 0 Å². The summed E-state index contributed by atoms with van der Waals surface area (Å²) in [5.74, 6) is 0. The van der Waals surface area contributed by atoms with Crippen LogP contribution in [0.5, 0.6) is 0 Å². The van der Waals surface area contributed by atoms with Crippen LogP contribution in [0.3, 0.4) is 0 Å². The van der Waals surface area contributed by atoms with Crippen molar-refractivity contribution in [2.75, 3.05) is 5.32 Å². The van der Waals surface area contributed by atoms with Crippen molar-refractivity contribution >= 4 is 56.9 Å². The fourth-order valence-electron chi connectivity index (χ4n) is 10.2. The Kier molecular flexibility index (Phi) is 9.28. The highest BCUT2D eigenvalue weighted by atomic mass is 31.1. The molecule has 6 aromatic carbocycles. The summed E-state index contributed by atoms with van der Waals surface area (Å²) in [6.07, 6.45) is 21.7. The third kappa shape index (κ3) is 6.14. The molecule has 0 bridgehead atoms. The highest BCUT2D eigenvalue weighted by Crippen LogP contribution is 2.53. The number of nitrogens with one attached hydrogen (secondary N) is 1. The van der Waals surface area contributed by atoms with Gasteiger partial charge in [-0.25, -0.2) is 0 Å². The first-order chi connectivity index (χ1) is 29.2. The van der Waals surface area contributed by atoms with E-state index in [1.807, 2.05) is 0 Å². The van der Waals surface area contributed by atoms with Crippen LogP contribution in [0.1, 0.15) is 55.0 Å². The van der Waals surface area contributed by atoms with Crippen LogP contribution < -0.4 is 15.9 Å². The minimum atomic E-state index is -0.626. The van der Waals surface area contributed by atoms with Crippen LogP contribution in [-0.2, 0) is 12.8 Å². The first-order valence-corrected chi connectivity index (χ1v) is 22.8. The molecule has 1 N–H and O–H groups in total. The van der Waals surface area contributed by atoms with E-state index in [2.05, 4.69) is 197 Å². The minimum Gasteiger partial charge on any atom is -0.358 e. The second-order valence-electron chi connectivity index (χ2n) is 16.3. The molecule has 3 aliphatic rings. The molecule has 0 saturated carbocycles. The summed E-state index contributed by atoms with van der Waals surface area (Å²) < 4.78 is 5.35. The lowest BCUT2D eigenvalue weighted by Gasteiger charge is -2.26. The summed E-state index contributed by atoms with van der Waals surface area (Å²) in [6.45, 7) is 2.29. The van der Waals surface area contributed by atoms with Crippen molar-refractivity contribution in [2.45, 2.75) is 57.9 Å². The normalized spacial score (nSPS) is 16.5. The number of rotatable bonds is 8. The number of aromatic nitrogens is 2. The van der Waals surface area contributed by atoms with Gasteiger partial charge in [0.25, 0.3) is 0 Å². The van der Waals surface area contributed by atoms with Gasteiger partial charge in [0.05, 0.1) is 28.3 Å². The number of allylic oxidation sites excluding steroid dienone is 8. The summed E-state index contributed by atoms with van der Waals surface area (Å²) in [5, 5.41) is 12.7. The number of anilines is 1. The van der Waals surface area contributed by atoms with Crippen LogP contribution in [-0.4, -0.2) is 9.13 Å². The number of hydrogen-bond donors (Lipinski definition) is 1. The molecule has 59 heavy (non-hydrogen) atoms. The zero-order valence-electron chi connectivity index (χ0n) is 33.6. The first-order valence-electron chi connectivity index (χ1n) is 21.4. The van der Waals surface area contributed by atoms with Gasteiger partial charge in [-0.05, 0) is 117 Å². The SMILES string of the molecule is Cc1ccccc1-c1c(NC2=CC=C(P(c3ccccc3)c3ccccc3)CC2)c2c3c(n(C4C=CC=CC4)c2c2c1c1ccccc1n2-c1ccccc1)CCCC3. The lowest BCUT2D eigenvalue weighted by atomic mass is 9.89. The summed E-state index contributed by atoms with van der Waals surface area (Å²) in [6, 6.07) is 51.8. The van der Waals surface area contributed by atoms with Gasteiger partial charge >= 0.3 is 0 Å². The molecule has 1 unspecified atom stereocenters. The molecule has 4 heteroatoms. The molecule has 2 heterocycles. The van der Waals surface area contributed by atoms with Crippen molar-refractivity contribution in [2.24, 2.45) is 0 Å². The van der Waals surface area contributed by atoms with E-state index in [4.69, 9.17) is 0 Å². The first kappa shape index (κ1) is 36.0. The van der Waals surface area contributed by atoms with Crippen LogP contribution >= 0.6 is 7.92 Å². The van der Waals surface area contributed by atoms with E-state index >= 15 is 0 Å². The quantitative estimate of drug-likeness (QED) is 0.152. The molecular weight excluding hydrogens is 734 g/mol. The van der Waals surface area contributed by atoms with Crippen LogP contribution in [0.25, 0.3) is 49.5 Å². The molecule has 0 spiro atoms. The Morgan fingerprint density at radius 3 is 2.03 bits per heavy atom. The molecule has 3 aliphatic carbocycles. The van der Waals surface area contributed by atoms with Gasteiger partial charge in [-0.1, -0.05) is 152 Å². The van der Waals surface area contributed by atoms with Crippen LogP contribution in [0.15, 0.2) is 187 Å². The summed E-state index contributed by atoms with van der Waals surface area (Å²) >= 11 is 0. The molecule has 1 atom stereocenters. The Morgan fingerprint density at radius 1 is 0.627 bits per heavy atom. The lowest BCUT2D eigenvalue weighted by Crippen LogP contribution is -2.14. The second-order valence-corrected chi connectivity index (χ2v) is 18.6. The Balaban J connectivity index is 1.23. The Hall–Kier alpha value is -6.15. The molecular formula is C55H48N3P. The topological polar surface area (TPSA) is 21.9 Å². The minimum absolute atomic E-state index is 0.251. The average Bonchev–Trinajstić information content (AvgIpc) is 3.83. The third-order valence-electron chi connectivity index (χ3n) is 12.8. The smallest absolute Gasteiger partial charge is 0.0793 e. The van der Waals surface area contributed by atoms with Gasteiger partial charge in [-0.2, -0.15) is 0 Å². The van der Waals surface area contributed by atoms with E-state index in [0.717, 1.165) is 32.1 Å². The predicted molar refractivity (Wildman–Crippen MR) is 253 cm³/mol. The number of hydrogen-bond acceptors (Lipinski definition) is 1. The molecule has 0 aliphatic heterocycles. The van der Waals surface area contributed by atoms with Gasteiger partial charge in [0.1, 0.15) is 0 Å². The van der Waals surface area contributed by atoms with E-state index in [9.17, 15) is 0 Å². The Morgan fingerprint density at radius 2 is 1.32 bits per heavy atom. The van der Waals surface area contributed by atoms with Crippen molar-refractivity contribution < 1.29 is 0 Å². The molecule has 0 fully saturated rings.